The topological polar surface area (TPSA) is 78.3 Å². The van der Waals surface area contributed by atoms with Gasteiger partial charge in [0, 0.05) is 18.3 Å². The summed E-state index contributed by atoms with van der Waals surface area (Å²) in [6, 6.07) is 12.3. The van der Waals surface area contributed by atoms with Crippen LogP contribution in [-0.4, -0.2) is 39.4 Å². The number of thioether (sulfide) groups is 1. The predicted molar refractivity (Wildman–Crippen MR) is 110 cm³/mol. The second kappa shape index (κ2) is 9.29. The molecule has 0 aliphatic heterocycles. The number of anilines is 1. The summed E-state index contributed by atoms with van der Waals surface area (Å²) in [5, 5.41) is 11.0. The van der Waals surface area contributed by atoms with E-state index in [1.54, 1.807) is 25.6 Å². The number of alkyl halides is 3. The van der Waals surface area contributed by atoms with Crippen LogP contribution in [0.5, 0.6) is 11.5 Å². The summed E-state index contributed by atoms with van der Waals surface area (Å²) in [4.78, 5) is 12.5. The lowest BCUT2D eigenvalue weighted by molar-refractivity contribution is -0.274. The number of rotatable bonds is 7. The number of carbonyl (C=O) groups excluding carboxylic acids is 1. The van der Waals surface area contributed by atoms with Crippen molar-refractivity contribution >= 4 is 23.4 Å². The van der Waals surface area contributed by atoms with Crippen molar-refractivity contribution in [1.82, 2.24) is 14.8 Å². The average Bonchev–Trinajstić information content (AvgIpc) is 3.08. The van der Waals surface area contributed by atoms with Gasteiger partial charge in [0.1, 0.15) is 11.5 Å². The molecule has 0 fully saturated rings. The number of carbonyl (C=O) groups is 1. The molecule has 1 heterocycles. The van der Waals surface area contributed by atoms with Crippen molar-refractivity contribution in [2.24, 2.45) is 7.05 Å². The number of hydrogen-bond acceptors (Lipinski definition) is 6. The molecule has 31 heavy (non-hydrogen) atoms. The van der Waals surface area contributed by atoms with E-state index in [2.05, 4.69) is 20.3 Å². The standard InChI is InChI=1S/C20H19F3N4O3S/c1-12(18(28)24-14-6-10-16(11-7-14)30-20(21,22)23)31-19-26-25-17(27(19)2)13-4-8-15(29-3)9-5-13/h4-12H,1-3H3,(H,24,28). The van der Waals surface area contributed by atoms with Crippen LogP contribution in [0.25, 0.3) is 11.4 Å². The van der Waals surface area contributed by atoms with E-state index in [0.717, 1.165) is 23.4 Å². The number of hydrogen-bond donors (Lipinski definition) is 1. The van der Waals surface area contributed by atoms with Crippen molar-refractivity contribution in [2.75, 3.05) is 12.4 Å². The van der Waals surface area contributed by atoms with Gasteiger partial charge in [0.25, 0.3) is 0 Å². The van der Waals surface area contributed by atoms with Crippen molar-refractivity contribution in [3.63, 3.8) is 0 Å². The Morgan fingerprint density at radius 3 is 2.26 bits per heavy atom. The summed E-state index contributed by atoms with van der Waals surface area (Å²) in [6.45, 7) is 1.70. The summed E-state index contributed by atoms with van der Waals surface area (Å²) in [5.74, 6) is 0.670. The van der Waals surface area contributed by atoms with Gasteiger partial charge in [-0.15, -0.1) is 23.4 Å². The zero-order valence-corrected chi connectivity index (χ0v) is 17.6. The third-order valence-corrected chi connectivity index (χ3v) is 5.32. The number of amides is 1. The van der Waals surface area contributed by atoms with Crippen molar-refractivity contribution in [3.05, 3.63) is 48.5 Å². The number of methoxy groups -OCH3 is 1. The Balaban J connectivity index is 1.62. The van der Waals surface area contributed by atoms with Gasteiger partial charge in [-0.1, -0.05) is 11.8 Å². The molecule has 0 aliphatic rings. The SMILES string of the molecule is COc1ccc(-c2nnc(SC(C)C(=O)Nc3ccc(OC(F)(F)F)cc3)n2C)cc1. The average molecular weight is 452 g/mol. The van der Waals surface area contributed by atoms with E-state index < -0.39 is 11.6 Å². The lowest BCUT2D eigenvalue weighted by Gasteiger charge is -2.13. The molecule has 164 valence electrons. The molecule has 2 aromatic carbocycles. The predicted octanol–water partition coefficient (Wildman–Crippen LogP) is 4.51. The summed E-state index contributed by atoms with van der Waals surface area (Å²) >= 11 is 1.21. The number of nitrogens with one attached hydrogen (secondary N) is 1. The number of ether oxygens (including phenoxy) is 2. The third kappa shape index (κ3) is 5.91. The van der Waals surface area contributed by atoms with Crippen molar-refractivity contribution in [1.29, 1.82) is 0 Å². The first-order chi connectivity index (χ1) is 14.7. The Labute approximate surface area is 180 Å². The quantitative estimate of drug-likeness (QED) is 0.532. The molecule has 11 heteroatoms. The highest BCUT2D eigenvalue weighted by atomic mass is 32.2. The molecule has 0 aliphatic carbocycles. The summed E-state index contributed by atoms with van der Waals surface area (Å²) in [6.07, 6.45) is -4.77. The first kappa shape index (κ1) is 22.5. The molecular formula is C20H19F3N4O3S. The van der Waals surface area contributed by atoms with Crippen LogP contribution in [0.15, 0.2) is 53.7 Å². The smallest absolute Gasteiger partial charge is 0.497 e. The lowest BCUT2D eigenvalue weighted by Crippen LogP contribution is -2.23. The minimum Gasteiger partial charge on any atom is -0.497 e. The molecule has 0 spiro atoms. The first-order valence-electron chi connectivity index (χ1n) is 9.03. The van der Waals surface area contributed by atoms with Gasteiger partial charge in [-0.3, -0.25) is 4.79 Å². The number of aromatic nitrogens is 3. The maximum atomic E-state index is 12.5. The molecule has 0 saturated heterocycles. The Kier molecular flexibility index (Phi) is 6.74. The van der Waals surface area contributed by atoms with Gasteiger partial charge in [0.05, 0.1) is 12.4 Å². The van der Waals surface area contributed by atoms with Crippen molar-refractivity contribution < 1.29 is 27.4 Å². The Hall–Kier alpha value is -3.21. The highest BCUT2D eigenvalue weighted by molar-refractivity contribution is 8.00. The molecule has 0 saturated carbocycles. The van der Waals surface area contributed by atoms with Crippen LogP contribution in [0, 0.1) is 0 Å². The zero-order valence-electron chi connectivity index (χ0n) is 16.8. The monoisotopic (exact) mass is 452 g/mol. The van der Waals surface area contributed by atoms with Gasteiger partial charge in [-0.05, 0) is 55.5 Å². The lowest BCUT2D eigenvalue weighted by atomic mass is 10.2. The maximum absolute atomic E-state index is 12.5. The van der Waals surface area contributed by atoms with Gasteiger partial charge < -0.3 is 19.4 Å². The van der Waals surface area contributed by atoms with Crippen LogP contribution in [0.1, 0.15) is 6.92 Å². The summed E-state index contributed by atoms with van der Waals surface area (Å²) < 4.78 is 47.4. The van der Waals surface area contributed by atoms with Gasteiger partial charge in [0.2, 0.25) is 5.91 Å². The normalized spacial score (nSPS) is 12.3. The van der Waals surface area contributed by atoms with E-state index in [1.807, 2.05) is 24.3 Å². The van der Waals surface area contributed by atoms with Crippen LogP contribution in [0.3, 0.4) is 0 Å². The van der Waals surface area contributed by atoms with E-state index >= 15 is 0 Å². The Bertz CT molecular complexity index is 1040. The molecule has 1 atom stereocenters. The highest BCUT2D eigenvalue weighted by Crippen LogP contribution is 2.28. The van der Waals surface area contributed by atoms with Crippen molar-refractivity contribution in [3.8, 4) is 22.9 Å². The third-order valence-electron chi connectivity index (χ3n) is 4.19. The van der Waals surface area contributed by atoms with Crippen LogP contribution >= 0.6 is 11.8 Å². The molecule has 3 rings (SSSR count). The first-order valence-corrected chi connectivity index (χ1v) is 9.91. The van der Waals surface area contributed by atoms with Gasteiger partial charge in [0.15, 0.2) is 11.0 Å². The van der Waals surface area contributed by atoms with Gasteiger partial charge in [-0.25, -0.2) is 0 Å². The zero-order chi connectivity index (χ0) is 22.6. The molecule has 1 N–H and O–H groups in total. The largest absolute Gasteiger partial charge is 0.573 e. The van der Waals surface area contributed by atoms with E-state index in [4.69, 9.17) is 4.74 Å². The molecule has 7 nitrogen and oxygen atoms in total. The minimum absolute atomic E-state index is 0.330. The van der Waals surface area contributed by atoms with Crippen LogP contribution in [0.4, 0.5) is 18.9 Å². The van der Waals surface area contributed by atoms with Crippen LogP contribution in [-0.2, 0) is 11.8 Å². The summed E-state index contributed by atoms with van der Waals surface area (Å²) in [5.41, 5.74) is 1.20. The number of nitrogens with zero attached hydrogens (tertiary/aromatic N) is 3. The van der Waals surface area contributed by atoms with E-state index in [0.29, 0.717) is 16.7 Å². The number of benzene rings is 2. The highest BCUT2D eigenvalue weighted by Gasteiger charge is 2.31. The Morgan fingerprint density at radius 2 is 1.68 bits per heavy atom. The second-order valence-corrected chi connectivity index (χ2v) is 7.72. The molecule has 1 amide bonds. The fourth-order valence-corrected chi connectivity index (χ4v) is 3.42. The molecule has 0 radical (unpaired) electrons. The van der Waals surface area contributed by atoms with E-state index in [1.165, 1.54) is 23.9 Å². The summed E-state index contributed by atoms with van der Waals surface area (Å²) in [7, 11) is 3.38. The van der Waals surface area contributed by atoms with Crippen LogP contribution in [0.2, 0.25) is 0 Å². The number of halogens is 3. The fraction of sp³-hybridized carbons (Fsp3) is 0.250. The van der Waals surface area contributed by atoms with E-state index in [9.17, 15) is 18.0 Å². The molecule has 1 aromatic heterocycles. The molecule has 1 unspecified atom stereocenters. The van der Waals surface area contributed by atoms with Crippen LogP contribution < -0.4 is 14.8 Å². The maximum Gasteiger partial charge on any atom is 0.573 e. The molecule has 0 bridgehead atoms. The van der Waals surface area contributed by atoms with E-state index in [-0.39, 0.29) is 11.7 Å². The van der Waals surface area contributed by atoms with Gasteiger partial charge in [-0.2, -0.15) is 0 Å². The minimum atomic E-state index is -4.77. The Morgan fingerprint density at radius 1 is 1.06 bits per heavy atom. The fourth-order valence-electron chi connectivity index (χ4n) is 2.60. The van der Waals surface area contributed by atoms with Gasteiger partial charge >= 0.3 is 6.36 Å². The van der Waals surface area contributed by atoms with Crippen molar-refractivity contribution in [2.45, 2.75) is 23.7 Å². The molecular weight excluding hydrogens is 433 g/mol. The second-order valence-electron chi connectivity index (χ2n) is 6.42. The molecule has 3 aromatic rings.